The highest BCUT2D eigenvalue weighted by Gasteiger charge is 2.11. The van der Waals surface area contributed by atoms with E-state index in [1.807, 2.05) is 0 Å². The van der Waals surface area contributed by atoms with Gasteiger partial charge in [0.05, 0.1) is 0 Å². The number of halogens is 2. The molecule has 0 aliphatic carbocycles. The van der Waals surface area contributed by atoms with Crippen molar-refractivity contribution in [3.05, 3.63) is 29.6 Å². The molecule has 0 spiro atoms. The first-order valence-corrected chi connectivity index (χ1v) is 5.21. The number of rotatable bonds is 3. The van der Waals surface area contributed by atoms with Crippen LogP contribution < -0.4 is 5.32 Å². The minimum absolute atomic E-state index is 0.201. The summed E-state index contributed by atoms with van der Waals surface area (Å²) in [5, 5.41) is 2.60. The van der Waals surface area contributed by atoms with Gasteiger partial charge >= 0.3 is 0 Å². The predicted molar refractivity (Wildman–Crippen MR) is 59.7 cm³/mol. The van der Waals surface area contributed by atoms with Crippen LogP contribution in [-0.2, 0) is 4.79 Å². The van der Waals surface area contributed by atoms with Gasteiger partial charge in [0, 0.05) is 17.5 Å². The van der Waals surface area contributed by atoms with Gasteiger partial charge in [-0.15, -0.1) is 11.6 Å². The maximum Gasteiger partial charge on any atom is 0.228 e. The van der Waals surface area contributed by atoms with Crippen LogP contribution in [0, 0.1) is 18.7 Å². The Kier molecular flexibility index (Phi) is 4.09. The number of carbonyl (C=O) groups is 1. The molecule has 2 nitrogen and oxygen atoms in total. The number of alkyl halides is 1. The highest BCUT2D eigenvalue weighted by molar-refractivity contribution is 6.19. The molecule has 15 heavy (non-hydrogen) atoms. The van der Waals surface area contributed by atoms with E-state index in [1.54, 1.807) is 26.0 Å². The highest BCUT2D eigenvalue weighted by Crippen LogP contribution is 2.14. The van der Waals surface area contributed by atoms with Crippen molar-refractivity contribution in [1.82, 2.24) is 0 Å². The third-order valence-electron chi connectivity index (χ3n) is 2.12. The molecule has 1 N–H and O–H groups in total. The van der Waals surface area contributed by atoms with Gasteiger partial charge in [0.15, 0.2) is 0 Å². The molecule has 0 heterocycles. The Bertz CT molecular complexity index is 368. The molecule has 0 aromatic heterocycles. The summed E-state index contributed by atoms with van der Waals surface area (Å²) < 4.78 is 13.1. The van der Waals surface area contributed by atoms with E-state index < -0.39 is 0 Å². The molecule has 0 aliphatic rings. The molecule has 0 aliphatic heterocycles. The fourth-order valence-corrected chi connectivity index (χ4v) is 1.15. The second-order valence-electron chi connectivity index (χ2n) is 3.51. The van der Waals surface area contributed by atoms with Crippen LogP contribution in [0.15, 0.2) is 18.2 Å². The van der Waals surface area contributed by atoms with Gasteiger partial charge in [0.1, 0.15) is 5.82 Å². The molecule has 0 saturated heterocycles. The zero-order valence-electron chi connectivity index (χ0n) is 8.68. The van der Waals surface area contributed by atoms with Crippen LogP contribution in [0.2, 0.25) is 0 Å². The summed E-state index contributed by atoms with van der Waals surface area (Å²) in [6.07, 6.45) is 0. The number of anilines is 1. The van der Waals surface area contributed by atoms with Gasteiger partial charge in [-0.25, -0.2) is 4.39 Å². The highest BCUT2D eigenvalue weighted by atomic mass is 35.5. The molecule has 1 amide bonds. The second kappa shape index (κ2) is 5.12. The molecule has 0 radical (unpaired) electrons. The molecule has 1 aromatic carbocycles. The predicted octanol–water partition coefficient (Wildman–Crippen LogP) is 2.95. The van der Waals surface area contributed by atoms with E-state index >= 15 is 0 Å². The average Bonchev–Trinajstić information content (AvgIpc) is 2.22. The lowest BCUT2D eigenvalue weighted by atomic mass is 10.2. The Morgan fingerprint density at radius 1 is 1.60 bits per heavy atom. The van der Waals surface area contributed by atoms with E-state index in [1.165, 1.54) is 6.07 Å². The first-order chi connectivity index (χ1) is 7.04. The molecule has 1 rings (SSSR count). The first-order valence-electron chi connectivity index (χ1n) is 4.67. The molecule has 0 fully saturated rings. The van der Waals surface area contributed by atoms with Gasteiger partial charge < -0.3 is 5.32 Å². The van der Waals surface area contributed by atoms with E-state index in [0.29, 0.717) is 11.3 Å². The topological polar surface area (TPSA) is 29.1 Å². The van der Waals surface area contributed by atoms with Crippen molar-refractivity contribution in [3.8, 4) is 0 Å². The number of amides is 1. The number of hydrogen-bond donors (Lipinski definition) is 1. The zero-order chi connectivity index (χ0) is 11.4. The third-order valence-corrected chi connectivity index (χ3v) is 2.58. The van der Waals surface area contributed by atoms with Crippen molar-refractivity contribution >= 4 is 23.2 Å². The summed E-state index contributed by atoms with van der Waals surface area (Å²) in [7, 11) is 0. The average molecular weight is 230 g/mol. The minimum atomic E-state index is -0.327. The third kappa shape index (κ3) is 3.20. The standard InChI is InChI=1S/C11H13ClFNO/c1-7-3-4-9(5-10(7)13)14-11(15)8(2)6-12/h3-5,8H,6H2,1-2H3,(H,14,15). The number of aryl methyl sites for hydroxylation is 1. The lowest BCUT2D eigenvalue weighted by Crippen LogP contribution is -2.21. The van der Waals surface area contributed by atoms with Crippen molar-refractivity contribution in [2.75, 3.05) is 11.2 Å². The van der Waals surface area contributed by atoms with Crippen LogP contribution >= 0.6 is 11.6 Å². The van der Waals surface area contributed by atoms with Crippen LogP contribution in [0.3, 0.4) is 0 Å². The summed E-state index contributed by atoms with van der Waals surface area (Å²) in [5.41, 5.74) is 1.01. The summed E-state index contributed by atoms with van der Waals surface area (Å²) in [4.78, 5) is 11.4. The van der Waals surface area contributed by atoms with Crippen LogP contribution in [0.5, 0.6) is 0 Å². The Balaban J connectivity index is 2.73. The van der Waals surface area contributed by atoms with E-state index in [4.69, 9.17) is 11.6 Å². The van der Waals surface area contributed by atoms with Gasteiger partial charge in [-0.2, -0.15) is 0 Å². The molecule has 1 aromatic rings. The molecule has 0 bridgehead atoms. The van der Waals surface area contributed by atoms with Crippen LogP contribution in [0.4, 0.5) is 10.1 Å². The van der Waals surface area contributed by atoms with Gasteiger partial charge in [0.2, 0.25) is 5.91 Å². The Labute approximate surface area is 93.4 Å². The molecule has 0 saturated carbocycles. The maximum absolute atomic E-state index is 13.1. The number of hydrogen-bond acceptors (Lipinski definition) is 1. The Morgan fingerprint density at radius 3 is 2.80 bits per heavy atom. The maximum atomic E-state index is 13.1. The monoisotopic (exact) mass is 229 g/mol. The van der Waals surface area contributed by atoms with Crippen molar-refractivity contribution in [1.29, 1.82) is 0 Å². The van der Waals surface area contributed by atoms with Gasteiger partial charge in [-0.1, -0.05) is 13.0 Å². The minimum Gasteiger partial charge on any atom is -0.326 e. The zero-order valence-corrected chi connectivity index (χ0v) is 9.44. The fourth-order valence-electron chi connectivity index (χ4n) is 1.01. The summed E-state index contributed by atoms with van der Waals surface area (Å²) in [6, 6.07) is 4.59. The first kappa shape index (κ1) is 12.0. The fraction of sp³-hybridized carbons (Fsp3) is 0.364. The summed E-state index contributed by atoms with van der Waals surface area (Å²) in [5.74, 6) is -0.559. The smallest absolute Gasteiger partial charge is 0.228 e. The van der Waals surface area contributed by atoms with Crippen molar-refractivity contribution in [2.24, 2.45) is 5.92 Å². The van der Waals surface area contributed by atoms with Crippen LogP contribution in [0.1, 0.15) is 12.5 Å². The van der Waals surface area contributed by atoms with Gasteiger partial charge in [0.25, 0.3) is 0 Å². The van der Waals surface area contributed by atoms with E-state index in [2.05, 4.69) is 5.32 Å². The van der Waals surface area contributed by atoms with E-state index in [9.17, 15) is 9.18 Å². The summed E-state index contributed by atoms with van der Waals surface area (Å²) >= 11 is 5.53. The van der Waals surface area contributed by atoms with Crippen molar-refractivity contribution in [3.63, 3.8) is 0 Å². The van der Waals surface area contributed by atoms with Crippen molar-refractivity contribution in [2.45, 2.75) is 13.8 Å². The Hall–Kier alpha value is -1.09. The van der Waals surface area contributed by atoms with Crippen LogP contribution in [-0.4, -0.2) is 11.8 Å². The molecular weight excluding hydrogens is 217 g/mol. The van der Waals surface area contributed by atoms with E-state index in [0.717, 1.165) is 0 Å². The number of benzene rings is 1. The molecule has 82 valence electrons. The Morgan fingerprint density at radius 2 is 2.27 bits per heavy atom. The van der Waals surface area contributed by atoms with Crippen molar-refractivity contribution < 1.29 is 9.18 Å². The quantitative estimate of drug-likeness (QED) is 0.794. The lowest BCUT2D eigenvalue weighted by molar-refractivity contribution is -0.118. The second-order valence-corrected chi connectivity index (χ2v) is 3.82. The van der Waals surface area contributed by atoms with Gasteiger partial charge in [-0.3, -0.25) is 4.79 Å². The molecule has 1 atom stereocenters. The van der Waals surface area contributed by atoms with Gasteiger partial charge in [-0.05, 0) is 24.6 Å². The SMILES string of the molecule is Cc1ccc(NC(=O)C(C)CCl)cc1F. The lowest BCUT2D eigenvalue weighted by Gasteiger charge is -2.09. The summed E-state index contributed by atoms with van der Waals surface area (Å²) in [6.45, 7) is 3.38. The normalized spacial score (nSPS) is 12.3. The van der Waals surface area contributed by atoms with Crippen LogP contribution in [0.25, 0.3) is 0 Å². The number of carbonyl (C=O) groups excluding carboxylic acids is 1. The molecule has 4 heteroatoms. The number of nitrogens with one attached hydrogen (secondary N) is 1. The van der Waals surface area contributed by atoms with E-state index in [-0.39, 0.29) is 23.5 Å². The largest absolute Gasteiger partial charge is 0.326 e. The molecule has 1 unspecified atom stereocenters. The molecular formula is C11H13ClFNO.